The van der Waals surface area contributed by atoms with Crippen LogP contribution in [0.15, 0.2) is 40.1 Å². The van der Waals surface area contributed by atoms with Gasteiger partial charge in [-0.15, -0.1) is 0 Å². The van der Waals surface area contributed by atoms with E-state index in [-0.39, 0.29) is 22.8 Å². The number of rotatable bonds is 4. The molecular formula is C13H12ClN3O4. The molecule has 0 aliphatic rings. The Kier molecular flexibility index (Phi) is 4.23. The van der Waals surface area contributed by atoms with Gasteiger partial charge in [0.05, 0.1) is 11.5 Å². The van der Waals surface area contributed by atoms with Gasteiger partial charge in [0.1, 0.15) is 0 Å². The third-order valence-electron chi connectivity index (χ3n) is 3.05. The molecule has 21 heavy (non-hydrogen) atoms. The Morgan fingerprint density at radius 1 is 1.29 bits per heavy atom. The minimum Gasteiger partial charge on any atom is -0.301 e. The fraction of sp³-hybridized carbons (Fsp3) is 0.231. The summed E-state index contributed by atoms with van der Waals surface area (Å²) in [6.45, 7) is 1.99. The average molecular weight is 310 g/mol. The molecule has 8 heteroatoms. The van der Waals surface area contributed by atoms with Gasteiger partial charge in [-0.2, -0.15) is 0 Å². The fourth-order valence-corrected chi connectivity index (χ4v) is 2.12. The van der Waals surface area contributed by atoms with Crippen LogP contribution in [0.5, 0.6) is 0 Å². The maximum Gasteiger partial charge on any atom is 0.331 e. The van der Waals surface area contributed by atoms with Crippen molar-refractivity contribution < 1.29 is 4.92 Å². The molecule has 0 radical (unpaired) electrons. The summed E-state index contributed by atoms with van der Waals surface area (Å²) >= 11 is 5.74. The minimum atomic E-state index is -0.590. The first-order valence-corrected chi connectivity index (χ1v) is 6.55. The molecule has 2 rings (SSSR count). The highest BCUT2D eigenvalue weighted by molar-refractivity contribution is 6.30. The number of nitro groups is 1. The second-order valence-electron chi connectivity index (χ2n) is 4.34. The molecular weight excluding hydrogens is 298 g/mol. The zero-order chi connectivity index (χ0) is 15.6. The van der Waals surface area contributed by atoms with E-state index in [4.69, 9.17) is 11.6 Å². The van der Waals surface area contributed by atoms with Gasteiger partial charge in [-0.25, -0.2) is 4.79 Å². The molecule has 0 bridgehead atoms. The molecule has 7 nitrogen and oxygen atoms in total. The minimum absolute atomic E-state index is 0.175. The van der Waals surface area contributed by atoms with Gasteiger partial charge in [0.15, 0.2) is 0 Å². The van der Waals surface area contributed by atoms with Gasteiger partial charge in [-0.3, -0.25) is 19.5 Å². The number of nitro benzene ring substituents is 1. The molecule has 1 heterocycles. The van der Waals surface area contributed by atoms with E-state index >= 15 is 0 Å². The van der Waals surface area contributed by atoms with Crippen molar-refractivity contribution in [2.24, 2.45) is 0 Å². The molecule has 0 saturated carbocycles. The summed E-state index contributed by atoms with van der Waals surface area (Å²) < 4.78 is 2.31. The van der Waals surface area contributed by atoms with Crippen LogP contribution >= 0.6 is 11.6 Å². The Bertz CT molecular complexity index is 810. The lowest BCUT2D eigenvalue weighted by molar-refractivity contribution is -0.385. The zero-order valence-electron chi connectivity index (χ0n) is 11.2. The van der Waals surface area contributed by atoms with Gasteiger partial charge in [-0.1, -0.05) is 11.6 Å². The molecule has 0 saturated heterocycles. The van der Waals surface area contributed by atoms with Gasteiger partial charge in [-0.05, 0) is 19.1 Å². The number of halogens is 1. The van der Waals surface area contributed by atoms with Crippen LogP contribution in [0.2, 0.25) is 5.02 Å². The monoisotopic (exact) mass is 309 g/mol. The molecule has 0 atom stereocenters. The van der Waals surface area contributed by atoms with Crippen molar-refractivity contribution in [1.82, 2.24) is 9.13 Å². The Morgan fingerprint density at radius 3 is 2.62 bits per heavy atom. The van der Waals surface area contributed by atoms with Crippen LogP contribution in [0.3, 0.4) is 0 Å². The first kappa shape index (κ1) is 15.0. The first-order chi connectivity index (χ1) is 9.93. The maximum absolute atomic E-state index is 12.1. The van der Waals surface area contributed by atoms with Gasteiger partial charge in [0, 0.05) is 35.5 Å². The Hall–Kier alpha value is -2.41. The van der Waals surface area contributed by atoms with Gasteiger partial charge in [0.2, 0.25) is 0 Å². The normalized spacial score (nSPS) is 10.6. The highest BCUT2D eigenvalue weighted by Gasteiger charge is 2.16. The molecule has 1 aromatic carbocycles. The molecule has 0 fully saturated rings. The summed E-state index contributed by atoms with van der Waals surface area (Å²) in [5.74, 6) is 0. The lowest BCUT2D eigenvalue weighted by Gasteiger charge is -2.08. The topological polar surface area (TPSA) is 87.1 Å². The van der Waals surface area contributed by atoms with E-state index in [1.807, 2.05) is 0 Å². The molecule has 0 N–H and O–H groups in total. The van der Waals surface area contributed by atoms with E-state index in [1.165, 1.54) is 35.0 Å². The van der Waals surface area contributed by atoms with Gasteiger partial charge in [0.25, 0.3) is 11.2 Å². The van der Waals surface area contributed by atoms with Gasteiger partial charge >= 0.3 is 5.69 Å². The molecule has 1 aromatic heterocycles. The summed E-state index contributed by atoms with van der Waals surface area (Å²) in [5.41, 5.74) is -0.985. The predicted octanol–water partition coefficient (Wildman–Crippen LogP) is 1.64. The number of aromatic nitrogens is 2. The molecule has 110 valence electrons. The first-order valence-electron chi connectivity index (χ1n) is 6.17. The van der Waals surface area contributed by atoms with E-state index in [1.54, 1.807) is 6.92 Å². The summed E-state index contributed by atoms with van der Waals surface area (Å²) in [5, 5.41) is 11.3. The number of aryl methyl sites for hydroxylation is 1. The number of hydrogen-bond acceptors (Lipinski definition) is 4. The Morgan fingerprint density at radius 2 is 2.00 bits per heavy atom. The Balaban J connectivity index is 2.56. The molecule has 0 spiro atoms. The number of nitrogens with zero attached hydrogens (tertiary/aromatic N) is 3. The molecule has 2 aromatic rings. The van der Waals surface area contributed by atoms with E-state index in [0.717, 1.165) is 4.57 Å². The standard InChI is InChI=1S/C13H12ClN3O4/c1-2-15-6-5-12(18)16(13(15)19)8-9-3-4-10(14)7-11(9)17(20)21/h3-7H,2,8H2,1H3. The molecule has 0 unspecified atom stereocenters. The van der Waals surface area contributed by atoms with Crippen molar-refractivity contribution in [2.45, 2.75) is 20.0 Å². The summed E-state index contributed by atoms with van der Waals surface area (Å²) in [7, 11) is 0. The third-order valence-corrected chi connectivity index (χ3v) is 3.29. The van der Waals surface area contributed by atoms with Crippen molar-refractivity contribution in [3.63, 3.8) is 0 Å². The SMILES string of the molecule is CCn1ccc(=O)n(Cc2ccc(Cl)cc2[N+](=O)[O-])c1=O. The van der Waals surface area contributed by atoms with Crippen LogP contribution in [0.1, 0.15) is 12.5 Å². The van der Waals surface area contributed by atoms with Crippen molar-refractivity contribution in [3.05, 3.63) is 72.0 Å². The molecule has 0 aliphatic heterocycles. The van der Waals surface area contributed by atoms with Crippen molar-refractivity contribution in [3.8, 4) is 0 Å². The van der Waals surface area contributed by atoms with Crippen LogP contribution in [0.4, 0.5) is 5.69 Å². The average Bonchev–Trinajstić information content (AvgIpc) is 2.44. The Labute approximate surface area is 124 Å². The highest BCUT2D eigenvalue weighted by Crippen LogP contribution is 2.23. The quantitative estimate of drug-likeness (QED) is 0.634. The fourth-order valence-electron chi connectivity index (χ4n) is 1.95. The predicted molar refractivity (Wildman–Crippen MR) is 77.8 cm³/mol. The smallest absolute Gasteiger partial charge is 0.301 e. The molecule has 0 amide bonds. The van der Waals surface area contributed by atoms with E-state index in [2.05, 4.69) is 0 Å². The van der Waals surface area contributed by atoms with Crippen molar-refractivity contribution in [2.75, 3.05) is 0 Å². The van der Waals surface area contributed by atoms with Crippen LogP contribution in [0, 0.1) is 10.1 Å². The van der Waals surface area contributed by atoms with E-state index in [9.17, 15) is 19.7 Å². The summed E-state index contributed by atoms with van der Waals surface area (Å²) in [6.07, 6.45) is 1.40. The van der Waals surface area contributed by atoms with Crippen LogP contribution in [0.25, 0.3) is 0 Å². The van der Waals surface area contributed by atoms with Gasteiger partial charge < -0.3 is 4.57 Å². The number of hydrogen-bond donors (Lipinski definition) is 0. The van der Waals surface area contributed by atoms with Crippen LogP contribution in [-0.4, -0.2) is 14.1 Å². The van der Waals surface area contributed by atoms with E-state index in [0.29, 0.717) is 6.54 Å². The highest BCUT2D eigenvalue weighted by atomic mass is 35.5. The van der Waals surface area contributed by atoms with Crippen molar-refractivity contribution in [1.29, 1.82) is 0 Å². The van der Waals surface area contributed by atoms with Crippen LogP contribution in [-0.2, 0) is 13.1 Å². The second kappa shape index (κ2) is 5.92. The van der Waals surface area contributed by atoms with Crippen LogP contribution < -0.4 is 11.2 Å². The maximum atomic E-state index is 12.1. The molecule has 0 aliphatic carbocycles. The summed E-state index contributed by atoms with van der Waals surface area (Å²) in [6, 6.07) is 5.38. The second-order valence-corrected chi connectivity index (χ2v) is 4.78. The van der Waals surface area contributed by atoms with E-state index < -0.39 is 16.2 Å². The number of benzene rings is 1. The largest absolute Gasteiger partial charge is 0.331 e. The lowest BCUT2D eigenvalue weighted by atomic mass is 10.2. The summed E-state index contributed by atoms with van der Waals surface area (Å²) in [4.78, 5) is 34.4. The van der Waals surface area contributed by atoms with Crippen molar-refractivity contribution >= 4 is 17.3 Å². The lowest BCUT2D eigenvalue weighted by Crippen LogP contribution is -2.39. The third kappa shape index (κ3) is 3.03. The zero-order valence-corrected chi connectivity index (χ0v) is 11.9.